The fourth-order valence-corrected chi connectivity index (χ4v) is 3.94. The number of amides is 1. The largest absolute Gasteiger partial charge is 0.481 e. The van der Waals surface area contributed by atoms with Gasteiger partial charge in [-0.25, -0.2) is 4.79 Å². The van der Waals surface area contributed by atoms with Crippen LogP contribution in [-0.2, 0) is 14.4 Å². The lowest BCUT2D eigenvalue weighted by atomic mass is 10.1. The van der Waals surface area contributed by atoms with Crippen molar-refractivity contribution in [1.29, 1.82) is 0 Å². The predicted octanol–water partition coefficient (Wildman–Crippen LogP) is 4.43. The van der Waals surface area contributed by atoms with E-state index in [0.717, 1.165) is 25.7 Å². The number of carbonyl (C=O) groups is 3. The van der Waals surface area contributed by atoms with Crippen LogP contribution in [-0.4, -0.2) is 45.6 Å². The van der Waals surface area contributed by atoms with Gasteiger partial charge in [0.25, 0.3) is 0 Å². The van der Waals surface area contributed by atoms with Crippen LogP contribution in [0.2, 0.25) is 0 Å². The van der Waals surface area contributed by atoms with E-state index in [1.165, 1.54) is 28.5 Å². The normalized spacial score (nSPS) is 19.7. The summed E-state index contributed by atoms with van der Waals surface area (Å²) in [4.78, 5) is 34.2. The zero-order chi connectivity index (χ0) is 22.7. The third kappa shape index (κ3) is 10.7. The molecule has 1 fully saturated rings. The molecule has 0 spiro atoms. The van der Waals surface area contributed by atoms with Crippen molar-refractivity contribution in [2.24, 2.45) is 11.8 Å². The summed E-state index contributed by atoms with van der Waals surface area (Å²) in [6, 6.07) is -1.00. The molecule has 168 valence electrons. The van der Waals surface area contributed by atoms with E-state index >= 15 is 0 Å². The third-order valence-electron chi connectivity index (χ3n) is 5.02. The molecule has 30 heavy (non-hydrogen) atoms. The van der Waals surface area contributed by atoms with E-state index in [2.05, 4.69) is 51.2 Å². The van der Waals surface area contributed by atoms with Gasteiger partial charge in [0.05, 0.1) is 11.8 Å². The standard InChI is InChI=1S/C23H35NO5S/c1-15(2)7-5-8-16(3)9-6-10-17(4)11-12-30-14-20(23(28)29)24-21(25)18-13-19(18)22(26)27/h7,9,11,18-20H,5-6,8,10,12-14H2,1-4H3,(H,24,25)(H,26,27)(H,28,29)/t18-,19+,20-/m0/s1. The minimum atomic E-state index is -1.10. The fraction of sp³-hybridized carbons (Fsp3) is 0.609. The van der Waals surface area contributed by atoms with E-state index in [-0.39, 0.29) is 12.2 Å². The van der Waals surface area contributed by atoms with E-state index in [0.29, 0.717) is 5.75 Å². The molecule has 0 aromatic carbocycles. The van der Waals surface area contributed by atoms with E-state index in [9.17, 15) is 19.5 Å². The van der Waals surface area contributed by atoms with Gasteiger partial charge in [0.15, 0.2) is 0 Å². The van der Waals surface area contributed by atoms with Crippen molar-refractivity contribution in [3.05, 3.63) is 34.9 Å². The molecule has 1 aliphatic rings. The van der Waals surface area contributed by atoms with Crippen LogP contribution >= 0.6 is 11.8 Å². The maximum Gasteiger partial charge on any atom is 0.327 e. The SMILES string of the molecule is CC(C)=CCCC(C)=CCCC(C)=CCSC[C@H](NC(=O)[C@H]1C[C@H]1C(=O)O)C(=O)O. The van der Waals surface area contributed by atoms with Crippen LogP contribution in [0.1, 0.15) is 59.8 Å². The lowest BCUT2D eigenvalue weighted by molar-refractivity contribution is -0.142. The van der Waals surface area contributed by atoms with Crippen molar-refractivity contribution in [2.75, 3.05) is 11.5 Å². The number of carboxylic acids is 2. The first kappa shape index (κ1) is 26.0. The van der Waals surface area contributed by atoms with Gasteiger partial charge in [-0.2, -0.15) is 11.8 Å². The predicted molar refractivity (Wildman–Crippen MR) is 122 cm³/mol. The summed E-state index contributed by atoms with van der Waals surface area (Å²) >= 11 is 1.44. The summed E-state index contributed by atoms with van der Waals surface area (Å²) in [5.74, 6) is -2.94. The lowest BCUT2D eigenvalue weighted by Crippen LogP contribution is -2.43. The van der Waals surface area contributed by atoms with Crippen LogP contribution in [0, 0.1) is 11.8 Å². The highest BCUT2D eigenvalue weighted by molar-refractivity contribution is 7.99. The van der Waals surface area contributed by atoms with Crippen molar-refractivity contribution in [2.45, 2.75) is 65.8 Å². The summed E-state index contributed by atoms with van der Waals surface area (Å²) in [7, 11) is 0. The number of hydrogen-bond donors (Lipinski definition) is 3. The van der Waals surface area contributed by atoms with E-state index in [4.69, 9.17) is 5.11 Å². The Hall–Kier alpha value is -2.02. The van der Waals surface area contributed by atoms with Crippen molar-refractivity contribution < 1.29 is 24.6 Å². The number of rotatable bonds is 14. The van der Waals surface area contributed by atoms with E-state index in [1.54, 1.807) is 0 Å². The van der Waals surface area contributed by atoms with Gasteiger partial charge in [0, 0.05) is 11.5 Å². The highest BCUT2D eigenvalue weighted by Gasteiger charge is 2.48. The summed E-state index contributed by atoms with van der Waals surface area (Å²) in [6.07, 6.45) is 11.0. The topological polar surface area (TPSA) is 104 Å². The number of nitrogens with one attached hydrogen (secondary N) is 1. The molecule has 0 heterocycles. The van der Waals surface area contributed by atoms with Gasteiger partial charge in [-0.3, -0.25) is 9.59 Å². The summed E-state index contributed by atoms with van der Waals surface area (Å²) in [5.41, 5.74) is 4.00. The lowest BCUT2D eigenvalue weighted by Gasteiger charge is -2.13. The van der Waals surface area contributed by atoms with E-state index < -0.39 is 35.7 Å². The number of allylic oxidation sites excluding steroid dienone is 5. The second-order valence-corrected chi connectivity index (χ2v) is 9.26. The average Bonchev–Trinajstić information content (AvgIpc) is 3.44. The van der Waals surface area contributed by atoms with Gasteiger partial charge >= 0.3 is 11.9 Å². The molecule has 1 rings (SSSR count). The van der Waals surface area contributed by atoms with Crippen LogP contribution in [0.5, 0.6) is 0 Å². The first-order valence-electron chi connectivity index (χ1n) is 10.4. The molecular weight excluding hydrogens is 402 g/mol. The van der Waals surface area contributed by atoms with Gasteiger partial charge < -0.3 is 15.5 Å². The maximum atomic E-state index is 12.0. The molecule has 1 aliphatic carbocycles. The monoisotopic (exact) mass is 437 g/mol. The van der Waals surface area contributed by atoms with Gasteiger partial charge in [-0.15, -0.1) is 0 Å². The van der Waals surface area contributed by atoms with E-state index in [1.807, 2.05) is 0 Å². The number of carboxylic acid groups (broad SMARTS) is 2. The molecule has 0 aromatic rings. The van der Waals surface area contributed by atoms with Crippen LogP contribution < -0.4 is 5.32 Å². The molecule has 0 unspecified atom stereocenters. The Bertz CT molecular complexity index is 706. The quantitative estimate of drug-likeness (QED) is 0.274. The first-order valence-corrected chi connectivity index (χ1v) is 11.6. The van der Waals surface area contributed by atoms with Crippen LogP contribution in [0.3, 0.4) is 0 Å². The maximum absolute atomic E-state index is 12.0. The van der Waals surface area contributed by atoms with Crippen molar-refractivity contribution in [1.82, 2.24) is 5.32 Å². The Labute approximate surface area is 183 Å². The molecule has 0 aromatic heterocycles. The Morgan fingerprint density at radius 3 is 2.10 bits per heavy atom. The number of carbonyl (C=O) groups excluding carboxylic acids is 1. The minimum Gasteiger partial charge on any atom is -0.481 e. The van der Waals surface area contributed by atoms with Gasteiger partial charge in [-0.1, -0.05) is 34.9 Å². The fourth-order valence-electron chi connectivity index (χ4n) is 2.94. The first-order chi connectivity index (χ1) is 14.1. The Morgan fingerprint density at radius 1 is 0.967 bits per heavy atom. The molecule has 1 saturated carbocycles. The van der Waals surface area contributed by atoms with Crippen molar-refractivity contribution in [3.63, 3.8) is 0 Å². The van der Waals surface area contributed by atoms with Crippen molar-refractivity contribution >= 4 is 29.6 Å². The minimum absolute atomic E-state index is 0.249. The zero-order valence-corrected chi connectivity index (χ0v) is 19.3. The molecule has 3 atom stereocenters. The molecule has 6 nitrogen and oxygen atoms in total. The van der Waals surface area contributed by atoms with Crippen LogP contribution in [0.25, 0.3) is 0 Å². The van der Waals surface area contributed by atoms with Gasteiger partial charge in [0.1, 0.15) is 6.04 Å². The second kappa shape index (κ2) is 13.3. The zero-order valence-electron chi connectivity index (χ0n) is 18.4. The average molecular weight is 438 g/mol. The Morgan fingerprint density at radius 2 is 1.57 bits per heavy atom. The smallest absolute Gasteiger partial charge is 0.327 e. The highest BCUT2D eigenvalue weighted by atomic mass is 32.2. The molecular formula is C23H35NO5S. The summed E-state index contributed by atoms with van der Waals surface area (Å²) in [5, 5.41) is 20.6. The summed E-state index contributed by atoms with van der Waals surface area (Å²) < 4.78 is 0. The Kier molecular flexibility index (Phi) is 11.5. The molecule has 1 amide bonds. The molecule has 0 saturated heterocycles. The molecule has 0 aliphatic heterocycles. The van der Waals surface area contributed by atoms with Crippen LogP contribution in [0.15, 0.2) is 34.9 Å². The van der Waals surface area contributed by atoms with Gasteiger partial charge in [0.2, 0.25) is 5.91 Å². The number of thioether (sulfide) groups is 1. The van der Waals surface area contributed by atoms with Crippen molar-refractivity contribution in [3.8, 4) is 0 Å². The summed E-state index contributed by atoms with van der Waals surface area (Å²) in [6.45, 7) is 8.45. The third-order valence-corrected chi connectivity index (χ3v) is 5.99. The van der Waals surface area contributed by atoms with Crippen LogP contribution in [0.4, 0.5) is 0 Å². The number of aliphatic carboxylic acids is 2. The Balaban J connectivity index is 2.30. The molecule has 0 bridgehead atoms. The number of hydrogen-bond acceptors (Lipinski definition) is 4. The highest BCUT2D eigenvalue weighted by Crippen LogP contribution is 2.38. The molecule has 7 heteroatoms. The molecule has 3 N–H and O–H groups in total. The van der Waals surface area contributed by atoms with Gasteiger partial charge in [-0.05, 0) is 59.8 Å². The molecule has 0 radical (unpaired) electrons. The second-order valence-electron chi connectivity index (χ2n) is 8.18.